The number of rotatable bonds is 0. The Bertz CT molecular complexity index is 927. The molecule has 0 saturated carbocycles. The van der Waals surface area contributed by atoms with Crippen molar-refractivity contribution in [3.63, 3.8) is 0 Å². The van der Waals surface area contributed by atoms with Gasteiger partial charge in [-0.15, -0.1) is 0 Å². The highest BCUT2D eigenvalue weighted by molar-refractivity contribution is 5.93. The van der Waals surface area contributed by atoms with E-state index in [0.717, 1.165) is 22.8 Å². The van der Waals surface area contributed by atoms with Gasteiger partial charge in [0.15, 0.2) is 0 Å². The summed E-state index contributed by atoms with van der Waals surface area (Å²) >= 11 is 0. The summed E-state index contributed by atoms with van der Waals surface area (Å²) in [6.07, 6.45) is 7.92. The van der Waals surface area contributed by atoms with Gasteiger partial charge in [0.2, 0.25) is 0 Å². The van der Waals surface area contributed by atoms with Gasteiger partial charge < -0.3 is 0 Å². The molecule has 3 aromatic rings. The Morgan fingerprint density at radius 3 is 1.59 bits per heavy atom. The molecule has 5 rings (SSSR count). The fraction of sp³-hybridized carbons (Fsp3) is 0. The van der Waals surface area contributed by atoms with Gasteiger partial charge >= 0.3 is 0 Å². The summed E-state index contributed by atoms with van der Waals surface area (Å²) in [5.41, 5.74) is 3.91. The van der Waals surface area contributed by atoms with Crippen LogP contribution in [0.3, 0.4) is 0 Å². The number of aromatic nitrogens is 2. The average Bonchev–Trinajstić information content (AvgIpc) is 2.61. The van der Waals surface area contributed by atoms with Crippen LogP contribution in [-0.2, 0) is 0 Å². The Balaban J connectivity index is 1.89. The van der Waals surface area contributed by atoms with E-state index < -0.39 is 0 Å². The first-order valence-electron chi connectivity index (χ1n) is 7.19. The van der Waals surface area contributed by atoms with Crippen molar-refractivity contribution in [1.82, 2.24) is 9.97 Å². The van der Waals surface area contributed by atoms with E-state index in [1.54, 1.807) is 0 Å². The zero-order valence-electron chi connectivity index (χ0n) is 11.7. The highest BCUT2D eigenvalue weighted by Crippen LogP contribution is 2.41. The molecule has 0 fully saturated rings. The summed E-state index contributed by atoms with van der Waals surface area (Å²) in [4.78, 5) is 9.09. The molecule has 0 N–H and O–H groups in total. The first kappa shape index (κ1) is 11.5. The molecule has 2 aromatic heterocycles. The van der Waals surface area contributed by atoms with E-state index in [0.29, 0.717) is 0 Å². The van der Waals surface area contributed by atoms with E-state index in [-0.39, 0.29) is 0 Å². The van der Waals surface area contributed by atoms with Crippen molar-refractivity contribution >= 4 is 23.8 Å². The third-order valence-electron chi connectivity index (χ3n) is 4.04. The number of nitrogens with zero attached hydrogens (tertiary/aromatic N) is 4. The van der Waals surface area contributed by atoms with Crippen LogP contribution >= 0.6 is 0 Å². The average molecular weight is 284 g/mol. The molecule has 0 bridgehead atoms. The van der Waals surface area contributed by atoms with Crippen molar-refractivity contribution in [2.75, 3.05) is 10.0 Å². The number of fused-ring (bicyclic) bond motifs is 7. The molecular formula is C18H12N4. The Labute approximate surface area is 127 Å². The minimum atomic E-state index is 0.915. The van der Waals surface area contributed by atoms with Gasteiger partial charge in [-0.25, -0.2) is 0 Å². The first-order valence-corrected chi connectivity index (χ1v) is 7.19. The second-order valence-electron chi connectivity index (χ2n) is 5.32. The molecule has 4 heterocycles. The van der Waals surface area contributed by atoms with Crippen LogP contribution in [0.5, 0.6) is 0 Å². The minimum Gasteiger partial charge on any atom is -0.254 e. The Hall–Kier alpha value is -3.14. The van der Waals surface area contributed by atoms with Crippen LogP contribution in [0.4, 0.5) is 11.4 Å². The van der Waals surface area contributed by atoms with E-state index >= 15 is 0 Å². The molecule has 2 aliphatic heterocycles. The van der Waals surface area contributed by atoms with Crippen molar-refractivity contribution < 1.29 is 0 Å². The molecule has 0 atom stereocenters. The molecule has 4 heteroatoms. The lowest BCUT2D eigenvalue weighted by atomic mass is 10.1. The van der Waals surface area contributed by atoms with Gasteiger partial charge in [-0.2, -0.15) is 0 Å². The predicted molar refractivity (Wildman–Crippen MR) is 87.0 cm³/mol. The van der Waals surface area contributed by atoms with E-state index in [1.807, 2.05) is 24.5 Å². The lowest BCUT2D eigenvalue weighted by Gasteiger charge is -2.39. The summed E-state index contributed by atoms with van der Waals surface area (Å²) < 4.78 is 0. The Morgan fingerprint density at radius 1 is 0.591 bits per heavy atom. The number of hydrogen-bond donors (Lipinski definition) is 0. The van der Waals surface area contributed by atoms with E-state index in [9.17, 15) is 0 Å². The number of hydrazine groups is 1. The Kier molecular flexibility index (Phi) is 2.19. The van der Waals surface area contributed by atoms with Crippen LogP contribution in [0.2, 0.25) is 0 Å². The van der Waals surface area contributed by atoms with Gasteiger partial charge in [0.25, 0.3) is 0 Å². The maximum absolute atomic E-state index is 4.54. The van der Waals surface area contributed by atoms with Gasteiger partial charge in [-0.05, 0) is 24.3 Å². The van der Waals surface area contributed by atoms with Crippen molar-refractivity contribution in [3.05, 3.63) is 71.4 Å². The van der Waals surface area contributed by atoms with E-state index in [4.69, 9.17) is 0 Å². The largest absolute Gasteiger partial charge is 0.254 e. The van der Waals surface area contributed by atoms with Crippen molar-refractivity contribution in [3.8, 4) is 11.4 Å². The second kappa shape index (κ2) is 4.18. The van der Waals surface area contributed by atoms with Crippen molar-refractivity contribution in [2.45, 2.75) is 0 Å². The summed E-state index contributed by atoms with van der Waals surface area (Å²) in [6.45, 7) is 0. The maximum Gasteiger partial charge on any atom is 0.116 e. The first-order chi connectivity index (χ1) is 10.9. The topological polar surface area (TPSA) is 32.3 Å². The molecular weight excluding hydrogens is 272 g/mol. The van der Waals surface area contributed by atoms with Crippen LogP contribution in [0.15, 0.2) is 60.9 Å². The predicted octanol–water partition coefficient (Wildman–Crippen LogP) is 1.87. The molecule has 1 aromatic carbocycles. The van der Waals surface area contributed by atoms with Gasteiger partial charge in [0.05, 0.1) is 11.4 Å². The lowest BCUT2D eigenvalue weighted by molar-refractivity contribution is 0.991. The minimum absolute atomic E-state index is 0.915. The number of benzene rings is 1. The number of anilines is 2. The molecule has 0 amide bonds. The number of hydrogen-bond acceptors (Lipinski definition) is 4. The molecule has 0 saturated heterocycles. The van der Waals surface area contributed by atoms with E-state index in [2.05, 4.69) is 68.8 Å². The van der Waals surface area contributed by atoms with Crippen LogP contribution in [0, 0.1) is 0 Å². The fourth-order valence-corrected chi connectivity index (χ4v) is 3.03. The highest BCUT2D eigenvalue weighted by Gasteiger charge is 2.29. The number of pyridine rings is 2. The van der Waals surface area contributed by atoms with Crippen LogP contribution in [0.1, 0.15) is 0 Å². The normalized spacial score (nSPS) is 14.0. The maximum atomic E-state index is 4.54. The molecule has 4 nitrogen and oxygen atoms in total. The van der Waals surface area contributed by atoms with Crippen molar-refractivity contribution in [1.29, 1.82) is 0 Å². The third-order valence-corrected chi connectivity index (χ3v) is 4.04. The molecule has 2 aliphatic rings. The standard InChI is InChI=1S/C18H12N4/c1-2-6-14-12-22-16-8-4-10-20-18(16)17-15(7-3-9-19-17)21(22)11-13(14)5-1/h1-12H. The van der Waals surface area contributed by atoms with Gasteiger partial charge in [0, 0.05) is 35.2 Å². The quantitative estimate of drug-likeness (QED) is 0.631. The molecule has 0 aliphatic carbocycles. The highest BCUT2D eigenvalue weighted by atomic mass is 15.6. The molecule has 104 valence electrons. The molecule has 0 unspecified atom stereocenters. The van der Waals surface area contributed by atoms with Gasteiger partial charge in [-0.1, -0.05) is 24.3 Å². The van der Waals surface area contributed by atoms with Crippen LogP contribution in [0.25, 0.3) is 23.8 Å². The second-order valence-corrected chi connectivity index (χ2v) is 5.32. The van der Waals surface area contributed by atoms with Crippen LogP contribution in [-0.4, -0.2) is 9.97 Å². The van der Waals surface area contributed by atoms with Crippen LogP contribution < -0.4 is 20.5 Å². The smallest absolute Gasteiger partial charge is 0.116 e. The van der Waals surface area contributed by atoms with E-state index in [1.165, 1.54) is 10.4 Å². The Morgan fingerprint density at radius 2 is 1.09 bits per heavy atom. The van der Waals surface area contributed by atoms with Gasteiger partial charge in [-0.3, -0.25) is 20.0 Å². The molecule has 22 heavy (non-hydrogen) atoms. The summed E-state index contributed by atoms with van der Waals surface area (Å²) in [7, 11) is 0. The summed E-state index contributed by atoms with van der Waals surface area (Å²) in [6, 6.07) is 16.4. The zero-order valence-corrected chi connectivity index (χ0v) is 11.7. The molecule has 0 spiro atoms. The summed E-state index contributed by atoms with van der Waals surface area (Å²) in [5.74, 6) is 0. The monoisotopic (exact) mass is 284 g/mol. The van der Waals surface area contributed by atoms with Crippen molar-refractivity contribution in [2.24, 2.45) is 0 Å². The van der Waals surface area contributed by atoms with Gasteiger partial charge in [0.1, 0.15) is 11.4 Å². The third kappa shape index (κ3) is 1.46. The summed E-state index contributed by atoms with van der Waals surface area (Å²) in [5, 5.41) is 6.66. The SMILES string of the molecule is C1=c2ccccc2=CN2c3cccnc3-c3ncccc3N12. The lowest BCUT2D eigenvalue weighted by Crippen LogP contribution is -2.47. The fourth-order valence-electron chi connectivity index (χ4n) is 3.03. The zero-order chi connectivity index (χ0) is 14.5. The molecule has 0 radical (unpaired) electrons.